The lowest BCUT2D eigenvalue weighted by Gasteiger charge is -2.30. The largest absolute Gasteiger partial charge is 0.497 e. The Hall–Kier alpha value is -1.69. The fraction of sp³-hybridized carbons (Fsp3) is 0.619. The number of hydrogen-bond acceptors (Lipinski definition) is 4. The Morgan fingerprint density at radius 3 is 2.41 bits per heavy atom. The number of nitrogens with zero attached hydrogens (tertiary/aromatic N) is 1. The Balaban J connectivity index is 2.17. The third-order valence-electron chi connectivity index (χ3n) is 4.66. The lowest BCUT2D eigenvalue weighted by molar-refractivity contribution is -0.124. The molecule has 2 atom stereocenters. The minimum absolute atomic E-state index is 0.0282. The van der Waals surface area contributed by atoms with Crippen LogP contribution in [0.2, 0.25) is 0 Å². The average molecular weight is 393 g/mol. The van der Waals surface area contributed by atoms with Gasteiger partial charge in [0.05, 0.1) is 12.5 Å². The molecule has 1 aromatic rings. The van der Waals surface area contributed by atoms with Crippen LogP contribution in [0.1, 0.15) is 50.9 Å². The van der Waals surface area contributed by atoms with E-state index in [1.165, 1.54) is 0 Å². The van der Waals surface area contributed by atoms with Crippen LogP contribution in [-0.4, -0.2) is 47.5 Å². The molecule has 0 radical (unpaired) electrons. The maximum Gasteiger partial charge on any atom is 0.255 e. The molecule has 1 heterocycles. The summed E-state index contributed by atoms with van der Waals surface area (Å²) in [5, 5.41) is 3.05. The highest BCUT2D eigenvalue weighted by molar-refractivity contribution is 8.00. The van der Waals surface area contributed by atoms with E-state index in [4.69, 9.17) is 4.74 Å². The number of amides is 2. The minimum atomic E-state index is -0.416. The maximum absolute atomic E-state index is 13.2. The Kier molecular flexibility index (Phi) is 8.02. The second kappa shape index (κ2) is 10.0. The maximum atomic E-state index is 13.2. The van der Waals surface area contributed by atoms with Crippen molar-refractivity contribution >= 4 is 23.6 Å². The van der Waals surface area contributed by atoms with E-state index in [0.29, 0.717) is 35.4 Å². The summed E-state index contributed by atoms with van der Waals surface area (Å²) in [7, 11) is 1.60. The standard InChI is InChI=1S/C21H32N2O3S/c1-14(2)10-11-22-20(24)18-13-27-19(12-15(3)4)23(18)21(25)16-6-8-17(26-5)9-7-16/h6-9,14-15,18-19H,10-13H2,1-5H3,(H,22,24). The molecular weight excluding hydrogens is 360 g/mol. The molecule has 1 aliphatic heterocycles. The van der Waals surface area contributed by atoms with Crippen LogP contribution >= 0.6 is 11.8 Å². The number of nitrogens with one attached hydrogen (secondary N) is 1. The molecule has 27 heavy (non-hydrogen) atoms. The molecule has 0 spiro atoms. The van der Waals surface area contributed by atoms with Crippen LogP contribution < -0.4 is 10.1 Å². The number of rotatable bonds is 8. The molecule has 1 saturated heterocycles. The second-order valence-corrected chi connectivity index (χ2v) is 9.06. The summed E-state index contributed by atoms with van der Waals surface area (Å²) >= 11 is 1.71. The quantitative estimate of drug-likeness (QED) is 0.731. The van der Waals surface area contributed by atoms with Gasteiger partial charge in [0.25, 0.3) is 5.91 Å². The van der Waals surface area contributed by atoms with Crippen LogP contribution in [0.3, 0.4) is 0 Å². The summed E-state index contributed by atoms with van der Waals surface area (Å²) in [4.78, 5) is 27.8. The number of carbonyl (C=O) groups is 2. The predicted molar refractivity (Wildman–Crippen MR) is 111 cm³/mol. The van der Waals surface area contributed by atoms with Gasteiger partial charge in [-0.05, 0) is 48.9 Å². The van der Waals surface area contributed by atoms with Crippen molar-refractivity contribution in [2.24, 2.45) is 11.8 Å². The van der Waals surface area contributed by atoms with E-state index in [9.17, 15) is 9.59 Å². The predicted octanol–water partition coefficient (Wildman–Crippen LogP) is 3.79. The molecule has 2 rings (SSSR count). The molecule has 150 valence electrons. The van der Waals surface area contributed by atoms with E-state index >= 15 is 0 Å². The van der Waals surface area contributed by atoms with Crippen LogP contribution in [0.25, 0.3) is 0 Å². The van der Waals surface area contributed by atoms with Crippen molar-refractivity contribution in [1.82, 2.24) is 10.2 Å². The normalized spacial score (nSPS) is 19.6. The fourth-order valence-electron chi connectivity index (χ4n) is 3.11. The number of thioether (sulfide) groups is 1. The first-order valence-corrected chi connectivity index (χ1v) is 10.7. The van der Waals surface area contributed by atoms with Gasteiger partial charge in [-0.2, -0.15) is 0 Å². The molecule has 1 N–H and O–H groups in total. The molecule has 2 unspecified atom stereocenters. The number of carbonyl (C=O) groups excluding carboxylic acids is 2. The Morgan fingerprint density at radius 1 is 1.19 bits per heavy atom. The summed E-state index contributed by atoms with van der Waals surface area (Å²) < 4.78 is 5.18. The summed E-state index contributed by atoms with van der Waals surface area (Å²) in [6, 6.07) is 6.69. The van der Waals surface area contributed by atoms with Crippen molar-refractivity contribution in [2.75, 3.05) is 19.4 Å². The van der Waals surface area contributed by atoms with Crippen molar-refractivity contribution in [1.29, 1.82) is 0 Å². The zero-order chi connectivity index (χ0) is 20.0. The van der Waals surface area contributed by atoms with Gasteiger partial charge in [0.15, 0.2) is 0 Å². The molecule has 0 aliphatic carbocycles. The van der Waals surface area contributed by atoms with Crippen LogP contribution in [0.4, 0.5) is 0 Å². The lowest BCUT2D eigenvalue weighted by Crippen LogP contribution is -2.50. The molecule has 1 aromatic carbocycles. The van der Waals surface area contributed by atoms with Crippen molar-refractivity contribution in [2.45, 2.75) is 52.0 Å². The molecule has 0 bridgehead atoms. The van der Waals surface area contributed by atoms with Crippen LogP contribution in [0, 0.1) is 11.8 Å². The SMILES string of the molecule is COc1ccc(C(=O)N2C(CC(C)C)SCC2C(=O)NCCC(C)C)cc1. The van der Waals surface area contributed by atoms with Crippen LogP contribution in [0.15, 0.2) is 24.3 Å². The van der Waals surface area contributed by atoms with Gasteiger partial charge in [-0.25, -0.2) is 0 Å². The van der Waals surface area contributed by atoms with E-state index in [1.807, 2.05) is 0 Å². The third kappa shape index (κ3) is 5.89. The number of hydrogen-bond donors (Lipinski definition) is 1. The summed E-state index contributed by atoms with van der Waals surface area (Å²) in [5.74, 6) is 2.22. The van der Waals surface area contributed by atoms with E-state index in [2.05, 4.69) is 33.0 Å². The monoisotopic (exact) mass is 392 g/mol. The highest BCUT2D eigenvalue weighted by Gasteiger charge is 2.41. The van der Waals surface area contributed by atoms with Gasteiger partial charge in [0, 0.05) is 17.9 Å². The molecular formula is C21H32N2O3S. The van der Waals surface area contributed by atoms with Gasteiger partial charge in [-0.3, -0.25) is 9.59 Å². The van der Waals surface area contributed by atoms with Crippen LogP contribution in [-0.2, 0) is 4.79 Å². The Morgan fingerprint density at radius 2 is 1.85 bits per heavy atom. The summed E-state index contributed by atoms with van der Waals surface area (Å²) in [5.41, 5.74) is 0.590. The Labute approximate surface area is 167 Å². The van der Waals surface area contributed by atoms with Crippen molar-refractivity contribution in [3.63, 3.8) is 0 Å². The second-order valence-electron chi connectivity index (χ2n) is 7.85. The zero-order valence-electron chi connectivity index (χ0n) is 17.0. The zero-order valence-corrected chi connectivity index (χ0v) is 17.8. The summed E-state index contributed by atoms with van der Waals surface area (Å²) in [6.45, 7) is 9.21. The molecule has 6 heteroatoms. The first-order valence-electron chi connectivity index (χ1n) is 9.69. The van der Waals surface area contributed by atoms with Crippen molar-refractivity contribution in [3.8, 4) is 5.75 Å². The smallest absolute Gasteiger partial charge is 0.255 e. The highest BCUT2D eigenvalue weighted by Crippen LogP contribution is 2.35. The van der Waals surface area contributed by atoms with Gasteiger partial charge < -0.3 is 15.0 Å². The van der Waals surface area contributed by atoms with Gasteiger partial charge in [-0.1, -0.05) is 27.7 Å². The molecule has 2 amide bonds. The molecule has 1 fully saturated rings. The van der Waals surface area contributed by atoms with Gasteiger partial charge in [0.1, 0.15) is 11.8 Å². The van der Waals surface area contributed by atoms with Gasteiger partial charge in [0.2, 0.25) is 5.91 Å². The number of benzene rings is 1. The van der Waals surface area contributed by atoms with Crippen LogP contribution in [0.5, 0.6) is 5.75 Å². The van der Waals surface area contributed by atoms with Gasteiger partial charge in [-0.15, -0.1) is 11.8 Å². The minimum Gasteiger partial charge on any atom is -0.497 e. The van der Waals surface area contributed by atoms with E-state index in [1.54, 1.807) is 48.0 Å². The average Bonchev–Trinajstić information content (AvgIpc) is 3.03. The third-order valence-corrected chi connectivity index (χ3v) is 5.97. The van der Waals surface area contributed by atoms with E-state index in [-0.39, 0.29) is 17.2 Å². The molecule has 0 aromatic heterocycles. The van der Waals surface area contributed by atoms with Crippen molar-refractivity contribution < 1.29 is 14.3 Å². The Bertz CT molecular complexity index is 631. The molecule has 1 aliphatic rings. The topological polar surface area (TPSA) is 58.6 Å². The first-order chi connectivity index (χ1) is 12.8. The number of ether oxygens (including phenoxy) is 1. The summed E-state index contributed by atoms with van der Waals surface area (Å²) in [6.07, 6.45) is 1.82. The first kappa shape index (κ1) is 21.6. The van der Waals surface area contributed by atoms with Crippen molar-refractivity contribution in [3.05, 3.63) is 29.8 Å². The molecule has 0 saturated carbocycles. The fourth-order valence-corrected chi connectivity index (χ4v) is 4.75. The van der Waals surface area contributed by atoms with E-state index < -0.39 is 6.04 Å². The van der Waals surface area contributed by atoms with Gasteiger partial charge >= 0.3 is 0 Å². The molecule has 5 nitrogen and oxygen atoms in total. The highest BCUT2D eigenvalue weighted by atomic mass is 32.2. The van der Waals surface area contributed by atoms with E-state index in [0.717, 1.165) is 12.8 Å². The lowest BCUT2D eigenvalue weighted by atomic mass is 10.1. The number of methoxy groups -OCH3 is 1.